The van der Waals surface area contributed by atoms with E-state index in [-0.39, 0.29) is 17.5 Å². The van der Waals surface area contributed by atoms with Crippen LogP contribution in [0.25, 0.3) is 10.1 Å². The van der Waals surface area contributed by atoms with Crippen molar-refractivity contribution < 1.29 is 24.2 Å². The van der Waals surface area contributed by atoms with Crippen molar-refractivity contribution >= 4 is 56.4 Å². The molecule has 30 heavy (non-hydrogen) atoms. The standard InChI is InChI=1S/C21H20N2O5S2/c1-27-15-5-3-4-12(9-15)16(11-19(24)25)23-21(29)22-14-6-7-17-13(8-14)10-18(30-17)20(26)28-2/h3-10,16H,11H2,1-2H3,(H,24,25)(H2,22,23,29). The maximum atomic E-state index is 11.7. The maximum Gasteiger partial charge on any atom is 0.348 e. The fraction of sp³-hybridized carbons (Fsp3) is 0.190. The highest BCUT2D eigenvalue weighted by molar-refractivity contribution is 7.80. The molecule has 1 heterocycles. The molecule has 0 saturated carbocycles. The lowest BCUT2D eigenvalue weighted by molar-refractivity contribution is -0.137. The summed E-state index contributed by atoms with van der Waals surface area (Å²) in [5.74, 6) is -0.696. The molecular formula is C21H20N2O5S2. The molecule has 1 atom stereocenters. The predicted molar refractivity (Wildman–Crippen MR) is 121 cm³/mol. The van der Waals surface area contributed by atoms with Crippen molar-refractivity contribution in [1.29, 1.82) is 0 Å². The number of nitrogens with one attached hydrogen (secondary N) is 2. The van der Waals surface area contributed by atoms with Crippen molar-refractivity contribution in [2.45, 2.75) is 12.5 Å². The fourth-order valence-corrected chi connectivity index (χ4v) is 4.15. The first kappa shape index (κ1) is 21.5. The summed E-state index contributed by atoms with van der Waals surface area (Å²) >= 11 is 6.74. The van der Waals surface area contributed by atoms with E-state index in [9.17, 15) is 14.7 Å². The van der Waals surface area contributed by atoms with Crippen LogP contribution in [0.5, 0.6) is 5.75 Å². The number of thiophene rings is 1. The highest BCUT2D eigenvalue weighted by atomic mass is 32.1. The highest BCUT2D eigenvalue weighted by Crippen LogP contribution is 2.29. The number of carbonyl (C=O) groups is 2. The smallest absolute Gasteiger partial charge is 0.348 e. The van der Waals surface area contributed by atoms with Crippen molar-refractivity contribution in [3.05, 3.63) is 59.0 Å². The summed E-state index contributed by atoms with van der Waals surface area (Å²) in [6, 6.07) is 14.0. The summed E-state index contributed by atoms with van der Waals surface area (Å²) in [6.45, 7) is 0. The summed E-state index contributed by atoms with van der Waals surface area (Å²) in [4.78, 5) is 23.6. The molecule has 1 unspecified atom stereocenters. The molecule has 7 nitrogen and oxygen atoms in total. The second-order valence-corrected chi connectivity index (χ2v) is 7.87. The summed E-state index contributed by atoms with van der Waals surface area (Å²) in [7, 11) is 2.90. The molecule has 3 N–H and O–H groups in total. The Kier molecular flexibility index (Phi) is 6.86. The van der Waals surface area contributed by atoms with Gasteiger partial charge in [0, 0.05) is 10.4 Å². The first-order valence-corrected chi connectivity index (χ1v) is 10.2. The van der Waals surface area contributed by atoms with E-state index in [2.05, 4.69) is 10.6 Å². The quantitative estimate of drug-likeness (QED) is 0.369. The third-order valence-corrected chi connectivity index (χ3v) is 5.66. The number of aliphatic carboxylic acids is 1. The SMILES string of the molecule is COC(=O)c1cc2cc(NC(=S)NC(CC(=O)O)c3cccc(OC)c3)ccc2s1. The summed E-state index contributed by atoms with van der Waals surface area (Å²) in [6.07, 6.45) is -0.152. The molecule has 0 aliphatic heterocycles. The highest BCUT2D eigenvalue weighted by Gasteiger charge is 2.18. The minimum absolute atomic E-state index is 0.152. The largest absolute Gasteiger partial charge is 0.497 e. The third-order valence-electron chi connectivity index (χ3n) is 4.34. The van der Waals surface area contributed by atoms with E-state index in [1.165, 1.54) is 18.4 Å². The average molecular weight is 445 g/mol. The molecule has 0 amide bonds. The lowest BCUT2D eigenvalue weighted by atomic mass is 10.0. The van der Waals surface area contributed by atoms with Gasteiger partial charge in [-0.3, -0.25) is 4.79 Å². The molecule has 3 aromatic rings. The van der Waals surface area contributed by atoms with Crippen LogP contribution in [0, 0.1) is 0 Å². The number of ether oxygens (including phenoxy) is 2. The van der Waals surface area contributed by atoms with Gasteiger partial charge in [-0.1, -0.05) is 12.1 Å². The van der Waals surface area contributed by atoms with Crippen molar-refractivity contribution in [2.24, 2.45) is 0 Å². The monoisotopic (exact) mass is 444 g/mol. The van der Waals surface area contributed by atoms with Crippen LogP contribution < -0.4 is 15.4 Å². The number of fused-ring (bicyclic) bond motifs is 1. The number of hydrogen-bond donors (Lipinski definition) is 3. The molecule has 3 rings (SSSR count). The second kappa shape index (κ2) is 9.55. The zero-order valence-corrected chi connectivity index (χ0v) is 17.9. The van der Waals surface area contributed by atoms with Crippen LogP contribution in [0.4, 0.5) is 5.69 Å². The molecule has 1 aromatic heterocycles. The van der Waals surface area contributed by atoms with Gasteiger partial charge in [0.25, 0.3) is 0 Å². The van der Waals surface area contributed by atoms with Crippen molar-refractivity contribution in [1.82, 2.24) is 5.32 Å². The molecule has 156 valence electrons. The molecule has 0 fully saturated rings. The van der Waals surface area contributed by atoms with Crippen LogP contribution in [0.1, 0.15) is 27.7 Å². The number of carboxylic acids is 1. The zero-order chi connectivity index (χ0) is 21.7. The number of carbonyl (C=O) groups excluding carboxylic acids is 1. The average Bonchev–Trinajstić information content (AvgIpc) is 3.15. The lowest BCUT2D eigenvalue weighted by Crippen LogP contribution is -2.33. The van der Waals surface area contributed by atoms with Crippen molar-refractivity contribution in [2.75, 3.05) is 19.5 Å². The van der Waals surface area contributed by atoms with Crippen LogP contribution in [0.15, 0.2) is 48.5 Å². The van der Waals surface area contributed by atoms with Gasteiger partial charge >= 0.3 is 11.9 Å². The maximum absolute atomic E-state index is 11.7. The van der Waals surface area contributed by atoms with Gasteiger partial charge in [-0.15, -0.1) is 11.3 Å². The molecule has 0 saturated heterocycles. The Labute approximate surface area is 182 Å². The molecule has 0 aliphatic rings. The number of hydrogen-bond acceptors (Lipinski definition) is 6. The first-order chi connectivity index (χ1) is 14.4. The summed E-state index contributed by atoms with van der Waals surface area (Å²) < 4.78 is 10.9. The molecule has 0 spiro atoms. The van der Waals surface area contributed by atoms with E-state index in [0.717, 1.165) is 15.6 Å². The second-order valence-electron chi connectivity index (χ2n) is 6.38. The number of carboxylic acid groups (broad SMARTS) is 1. The van der Waals surface area contributed by atoms with E-state index in [1.54, 1.807) is 31.4 Å². The van der Waals surface area contributed by atoms with Crippen LogP contribution >= 0.6 is 23.6 Å². The Morgan fingerprint density at radius 3 is 2.67 bits per heavy atom. The molecule has 0 radical (unpaired) electrons. The van der Waals surface area contributed by atoms with E-state index in [4.69, 9.17) is 21.7 Å². The van der Waals surface area contributed by atoms with Crippen LogP contribution in [0.2, 0.25) is 0 Å². The zero-order valence-electron chi connectivity index (χ0n) is 16.3. The van der Waals surface area contributed by atoms with Crippen molar-refractivity contribution in [3.63, 3.8) is 0 Å². The number of rotatable bonds is 7. The van der Waals surface area contributed by atoms with Gasteiger partial charge < -0.3 is 25.2 Å². The van der Waals surface area contributed by atoms with Crippen LogP contribution in [-0.4, -0.2) is 36.4 Å². The van der Waals surface area contributed by atoms with Gasteiger partial charge in [-0.2, -0.15) is 0 Å². The fourth-order valence-electron chi connectivity index (χ4n) is 2.93. The third kappa shape index (κ3) is 5.25. The molecule has 2 aromatic carbocycles. The topological polar surface area (TPSA) is 96.9 Å². The number of benzene rings is 2. The van der Waals surface area contributed by atoms with E-state index in [1.807, 2.05) is 24.3 Å². The van der Waals surface area contributed by atoms with Crippen LogP contribution in [-0.2, 0) is 9.53 Å². The minimum Gasteiger partial charge on any atom is -0.497 e. The first-order valence-electron chi connectivity index (χ1n) is 8.94. The number of anilines is 1. The van der Waals surface area contributed by atoms with Gasteiger partial charge in [0.15, 0.2) is 5.11 Å². The Morgan fingerprint density at radius 2 is 1.97 bits per heavy atom. The Bertz CT molecular complexity index is 1100. The Hall–Kier alpha value is -3.17. The summed E-state index contributed by atoms with van der Waals surface area (Å²) in [5, 5.41) is 16.6. The Balaban J connectivity index is 1.75. The van der Waals surface area contributed by atoms with E-state index >= 15 is 0 Å². The normalized spacial score (nSPS) is 11.5. The van der Waals surface area contributed by atoms with Gasteiger partial charge in [-0.05, 0) is 59.6 Å². The van der Waals surface area contributed by atoms with E-state index < -0.39 is 12.0 Å². The van der Waals surface area contributed by atoms with Gasteiger partial charge in [-0.25, -0.2) is 4.79 Å². The minimum atomic E-state index is -0.951. The van der Waals surface area contributed by atoms with Crippen LogP contribution in [0.3, 0.4) is 0 Å². The van der Waals surface area contributed by atoms with Crippen molar-refractivity contribution in [3.8, 4) is 5.75 Å². The van der Waals surface area contributed by atoms with Gasteiger partial charge in [0.2, 0.25) is 0 Å². The number of methoxy groups -OCH3 is 2. The molecule has 0 aliphatic carbocycles. The summed E-state index contributed by atoms with van der Waals surface area (Å²) in [5.41, 5.74) is 1.46. The van der Waals surface area contributed by atoms with Gasteiger partial charge in [0.05, 0.1) is 26.7 Å². The number of esters is 1. The predicted octanol–water partition coefficient (Wildman–Crippen LogP) is 4.20. The van der Waals surface area contributed by atoms with Gasteiger partial charge in [0.1, 0.15) is 10.6 Å². The Morgan fingerprint density at radius 1 is 1.17 bits per heavy atom. The lowest BCUT2D eigenvalue weighted by Gasteiger charge is -2.20. The molecule has 9 heteroatoms. The molecular weight excluding hydrogens is 424 g/mol. The number of thiocarbonyl (C=S) groups is 1. The van der Waals surface area contributed by atoms with E-state index in [0.29, 0.717) is 16.3 Å². The molecule has 0 bridgehead atoms.